The molecule has 0 aliphatic rings. The van der Waals surface area contributed by atoms with Crippen LogP contribution in [0.2, 0.25) is 0 Å². The summed E-state index contributed by atoms with van der Waals surface area (Å²) >= 11 is 1.53. The molecule has 2 rings (SSSR count). The van der Waals surface area contributed by atoms with E-state index < -0.39 is 0 Å². The SMILES string of the molecule is CCNC(C)c1nnc(-c2ccc(=O)[nH]c2)s1. The van der Waals surface area contributed by atoms with Crippen molar-refractivity contribution in [3.05, 3.63) is 33.7 Å². The second-order valence-electron chi connectivity index (χ2n) is 3.67. The quantitative estimate of drug-likeness (QED) is 0.864. The maximum atomic E-state index is 11.0. The third-order valence-corrected chi connectivity index (χ3v) is 3.51. The highest BCUT2D eigenvalue weighted by Crippen LogP contribution is 2.25. The van der Waals surface area contributed by atoms with Gasteiger partial charge in [0.25, 0.3) is 0 Å². The first kappa shape index (κ1) is 11.9. The van der Waals surface area contributed by atoms with Crippen LogP contribution in [0, 0.1) is 0 Å². The predicted molar refractivity (Wildman–Crippen MR) is 68.1 cm³/mol. The molecule has 0 amide bonds. The highest BCUT2D eigenvalue weighted by molar-refractivity contribution is 7.14. The molecule has 6 heteroatoms. The lowest BCUT2D eigenvalue weighted by atomic mass is 10.3. The highest BCUT2D eigenvalue weighted by atomic mass is 32.1. The lowest BCUT2D eigenvalue weighted by molar-refractivity contribution is 0.590. The molecule has 0 spiro atoms. The van der Waals surface area contributed by atoms with E-state index in [1.165, 1.54) is 17.4 Å². The summed E-state index contributed by atoms with van der Waals surface area (Å²) in [6.45, 7) is 5.01. The molecule has 90 valence electrons. The maximum Gasteiger partial charge on any atom is 0.247 e. The molecule has 2 aromatic heterocycles. The van der Waals surface area contributed by atoms with Gasteiger partial charge in [0.05, 0.1) is 6.04 Å². The molecule has 0 aromatic carbocycles. The lowest BCUT2D eigenvalue weighted by Crippen LogP contribution is -2.17. The van der Waals surface area contributed by atoms with Gasteiger partial charge in [-0.1, -0.05) is 18.3 Å². The summed E-state index contributed by atoms with van der Waals surface area (Å²) < 4.78 is 0. The van der Waals surface area contributed by atoms with E-state index in [-0.39, 0.29) is 11.6 Å². The number of pyridine rings is 1. The molecule has 5 nitrogen and oxygen atoms in total. The third kappa shape index (κ3) is 2.78. The Labute approximate surface area is 103 Å². The first-order valence-corrected chi connectivity index (χ1v) is 6.28. The van der Waals surface area contributed by atoms with Gasteiger partial charge in [0.15, 0.2) is 0 Å². The van der Waals surface area contributed by atoms with E-state index in [9.17, 15) is 4.79 Å². The van der Waals surface area contributed by atoms with Crippen LogP contribution in [0.4, 0.5) is 0 Å². The third-order valence-electron chi connectivity index (χ3n) is 2.35. The topological polar surface area (TPSA) is 70.7 Å². The van der Waals surface area contributed by atoms with Gasteiger partial charge in [0.1, 0.15) is 10.0 Å². The van der Waals surface area contributed by atoms with Gasteiger partial charge in [-0.25, -0.2) is 0 Å². The molecule has 0 bridgehead atoms. The van der Waals surface area contributed by atoms with E-state index in [1.807, 2.05) is 0 Å². The average Bonchev–Trinajstić information content (AvgIpc) is 2.80. The number of nitrogens with zero attached hydrogens (tertiary/aromatic N) is 2. The molecule has 0 saturated carbocycles. The number of nitrogens with one attached hydrogen (secondary N) is 2. The minimum atomic E-state index is -0.112. The van der Waals surface area contributed by atoms with E-state index in [4.69, 9.17) is 0 Å². The second-order valence-corrected chi connectivity index (χ2v) is 4.68. The second kappa shape index (κ2) is 5.20. The van der Waals surface area contributed by atoms with Gasteiger partial charge in [-0.2, -0.15) is 0 Å². The van der Waals surface area contributed by atoms with Gasteiger partial charge < -0.3 is 10.3 Å². The molecule has 0 fully saturated rings. The number of aromatic amines is 1. The van der Waals surface area contributed by atoms with Crippen molar-refractivity contribution in [3.8, 4) is 10.6 Å². The van der Waals surface area contributed by atoms with Gasteiger partial charge in [-0.3, -0.25) is 4.79 Å². The first-order chi connectivity index (χ1) is 8.20. The number of H-pyrrole nitrogens is 1. The standard InChI is InChI=1S/C11H14N4OS/c1-3-12-7(2)10-14-15-11(17-10)8-4-5-9(16)13-6-8/h4-7,12H,3H2,1-2H3,(H,13,16). The van der Waals surface area contributed by atoms with Crippen LogP contribution < -0.4 is 10.9 Å². The van der Waals surface area contributed by atoms with Gasteiger partial charge >= 0.3 is 0 Å². The summed E-state index contributed by atoms with van der Waals surface area (Å²) in [5.74, 6) is 0. The minimum absolute atomic E-state index is 0.112. The van der Waals surface area contributed by atoms with E-state index in [0.717, 1.165) is 22.1 Å². The van der Waals surface area contributed by atoms with Crippen molar-refractivity contribution in [1.82, 2.24) is 20.5 Å². The van der Waals surface area contributed by atoms with E-state index in [0.29, 0.717) is 0 Å². The van der Waals surface area contributed by atoms with Gasteiger partial charge in [-0.05, 0) is 19.5 Å². The summed E-state index contributed by atoms with van der Waals surface area (Å²) in [6, 6.07) is 3.44. The van der Waals surface area contributed by atoms with Crippen LogP contribution in [0.3, 0.4) is 0 Å². The molecular weight excluding hydrogens is 236 g/mol. The zero-order chi connectivity index (χ0) is 12.3. The molecule has 0 saturated heterocycles. The number of rotatable bonds is 4. The lowest BCUT2D eigenvalue weighted by Gasteiger charge is -2.06. The van der Waals surface area contributed by atoms with Crippen molar-refractivity contribution in [2.75, 3.05) is 6.54 Å². The molecular formula is C11H14N4OS. The molecule has 1 atom stereocenters. The molecule has 17 heavy (non-hydrogen) atoms. The normalized spacial score (nSPS) is 12.6. The summed E-state index contributed by atoms with van der Waals surface area (Å²) in [7, 11) is 0. The zero-order valence-electron chi connectivity index (χ0n) is 9.73. The first-order valence-electron chi connectivity index (χ1n) is 5.46. The van der Waals surface area contributed by atoms with E-state index in [1.54, 1.807) is 12.3 Å². The number of hydrogen-bond acceptors (Lipinski definition) is 5. The molecule has 0 aliphatic carbocycles. The van der Waals surface area contributed by atoms with Gasteiger partial charge in [0, 0.05) is 17.8 Å². The maximum absolute atomic E-state index is 11.0. The average molecular weight is 250 g/mol. The molecule has 2 aromatic rings. The molecule has 1 unspecified atom stereocenters. The minimum Gasteiger partial charge on any atom is -0.328 e. The Morgan fingerprint density at radius 3 is 2.94 bits per heavy atom. The molecule has 2 heterocycles. The molecule has 0 aliphatic heterocycles. The van der Waals surface area contributed by atoms with Crippen molar-refractivity contribution >= 4 is 11.3 Å². The highest BCUT2D eigenvalue weighted by Gasteiger charge is 2.11. The fourth-order valence-corrected chi connectivity index (χ4v) is 2.33. The Hall–Kier alpha value is -1.53. The Kier molecular flexibility index (Phi) is 3.65. The fraction of sp³-hybridized carbons (Fsp3) is 0.364. The van der Waals surface area contributed by atoms with Gasteiger partial charge in [-0.15, -0.1) is 10.2 Å². The van der Waals surface area contributed by atoms with Gasteiger partial charge in [0.2, 0.25) is 5.56 Å². The smallest absolute Gasteiger partial charge is 0.247 e. The van der Waals surface area contributed by atoms with Crippen LogP contribution in [0.15, 0.2) is 23.1 Å². The molecule has 2 N–H and O–H groups in total. The largest absolute Gasteiger partial charge is 0.328 e. The summed E-state index contributed by atoms with van der Waals surface area (Å²) in [4.78, 5) is 13.6. The zero-order valence-corrected chi connectivity index (χ0v) is 10.5. The van der Waals surface area contributed by atoms with Crippen molar-refractivity contribution in [2.24, 2.45) is 0 Å². The van der Waals surface area contributed by atoms with Crippen molar-refractivity contribution in [2.45, 2.75) is 19.9 Å². The number of aromatic nitrogens is 3. The summed E-state index contributed by atoms with van der Waals surface area (Å²) in [5.41, 5.74) is 0.775. The van der Waals surface area contributed by atoms with Crippen LogP contribution in [0.5, 0.6) is 0 Å². The Morgan fingerprint density at radius 2 is 2.29 bits per heavy atom. The fourth-order valence-electron chi connectivity index (χ4n) is 1.46. The predicted octanol–water partition coefficient (Wildman–Crippen LogP) is 1.56. The van der Waals surface area contributed by atoms with Crippen molar-refractivity contribution in [1.29, 1.82) is 0 Å². The van der Waals surface area contributed by atoms with Crippen LogP contribution in [0.25, 0.3) is 10.6 Å². The van der Waals surface area contributed by atoms with Crippen LogP contribution in [-0.4, -0.2) is 21.7 Å². The van der Waals surface area contributed by atoms with E-state index >= 15 is 0 Å². The Bertz CT molecular complexity index is 528. The van der Waals surface area contributed by atoms with Crippen LogP contribution >= 0.6 is 11.3 Å². The van der Waals surface area contributed by atoms with Crippen molar-refractivity contribution < 1.29 is 0 Å². The Balaban J connectivity index is 2.23. The van der Waals surface area contributed by atoms with Crippen LogP contribution in [0.1, 0.15) is 24.9 Å². The summed E-state index contributed by atoms with van der Waals surface area (Å²) in [6.07, 6.45) is 1.66. The monoisotopic (exact) mass is 250 g/mol. The number of hydrogen-bond donors (Lipinski definition) is 2. The Morgan fingerprint density at radius 1 is 1.47 bits per heavy atom. The van der Waals surface area contributed by atoms with Crippen molar-refractivity contribution in [3.63, 3.8) is 0 Å². The van der Waals surface area contributed by atoms with E-state index in [2.05, 4.69) is 34.3 Å². The molecule has 0 radical (unpaired) electrons. The summed E-state index contributed by atoms with van der Waals surface area (Å²) in [5, 5.41) is 13.3. The van der Waals surface area contributed by atoms with Crippen LogP contribution in [-0.2, 0) is 0 Å².